The largest absolute Gasteiger partial charge is 0.486 e. The molecule has 0 saturated carbocycles. The molecule has 0 spiro atoms. The van der Waals surface area contributed by atoms with Crippen molar-refractivity contribution < 1.29 is 27.5 Å². The Morgan fingerprint density at radius 1 is 1.03 bits per heavy atom. The van der Waals surface area contributed by atoms with E-state index in [1.165, 1.54) is 4.90 Å². The third-order valence-electron chi connectivity index (χ3n) is 6.32. The Morgan fingerprint density at radius 3 is 2.35 bits per heavy atom. The molecule has 0 aromatic heterocycles. The Labute approximate surface area is 219 Å². The quantitative estimate of drug-likeness (QED) is 0.477. The third-order valence-corrected chi connectivity index (χ3v) is 7.46. The van der Waals surface area contributed by atoms with Gasteiger partial charge in [-0.2, -0.15) is 0 Å². The van der Waals surface area contributed by atoms with Gasteiger partial charge in [-0.3, -0.25) is 13.9 Å². The van der Waals surface area contributed by atoms with Crippen LogP contribution in [0, 0.1) is 6.92 Å². The molecule has 37 heavy (non-hydrogen) atoms. The highest BCUT2D eigenvalue weighted by Crippen LogP contribution is 2.34. The van der Waals surface area contributed by atoms with Gasteiger partial charge in [0, 0.05) is 18.7 Å². The minimum atomic E-state index is -3.84. The fourth-order valence-corrected chi connectivity index (χ4v) is 5.01. The first kappa shape index (κ1) is 28.3. The number of aryl methyl sites for hydroxylation is 1. The molecule has 1 N–H and O–H groups in total. The van der Waals surface area contributed by atoms with Crippen LogP contribution in [0.3, 0.4) is 0 Å². The molecular weight excluding hydrogens is 494 g/mol. The van der Waals surface area contributed by atoms with Gasteiger partial charge >= 0.3 is 0 Å². The smallest absolute Gasteiger partial charge is 0.244 e. The van der Waals surface area contributed by atoms with Crippen molar-refractivity contribution in [3.05, 3.63) is 53.6 Å². The van der Waals surface area contributed by atoms with E-state index in [0.717, 1.165) is 28.1 Å². The molecule has 0 aliphatic carbocycles. The Kier molecular flexibility index (Phi) is 9.42. The SMILES string of the molecule is CC[C@@H](C)NC(=O)[C@@H](CC)N(Cc1cccc(C)c1)C(=O)CN(c1ccc2c(c1)OCCO2)S(C)(=O)=O. The lowest BCUT2D eigenvalue weighted by Gasteiger charge is -2.33. The van der Waals surface area contributed by atoms with Gasteiger partial charge in [-0.1, -0.05) is 43.7 Å². The lowest BCUT2D eigenvalue weighted by Crippen LogP contribution is -2.53. The number of nitrogens with zero attached hydrogens (tertiary/aromatic N) is 2. The Hall–Kier alpha value is -3.27. The first-order valence-electron chi connectivity index (χ1n) is 12.6. The van der Waals surface area contributed by atoms with Crippen molar-refractivity contribution >= 4 is 27.5 Å². The summed E-state index contributed by atoms with van der Waals surface area (Å²) in [5, 5.41) is 2.97. The molecule has 9 nitrogen and oxygen atoms in total. The maximum absolute atomic E-state index is 13.8. The van der Waals surface area contributed by atoms with E-state index in [0.29, 0.717) is 31.1 Å². The van der Waals surface area contributed by atoms with E-state index in [-0.39, 0.29) is 24.2 Å². The number of carbonyl (C=O) groups excluding carboxylic acids is 2. The summed E-state index contributed by atoms with van der Waals surface area (Å²) in [5.41, 5.74) is 2.16. The van der Waals surface area contributed by atoms with Crippen LogP contribution in [0.15, 0.2) is 42.5 Å². The first-order chi connectivity index (χ1) is 17.5. The van der Waals surface area contributed by atoms with Crippen LogP contribution >= 0.6 is 0 Å². The van der Waals surface area contributed by atoms with Gasteiger partial charge in [0.25, 0.3) is 0 Å². The molecule has 2 aromatic carbocycles. The highest BCUT2D eigenvalue weighted by Gasteiger charge is 2.32. The number of hydrogen-bond donors (Lipinski definition) is 1. The van der Waals surface area contributed by atoms with Crippen LogP contribution in [0.25, 0.3) is 0 Å². The summed E-state index contributed by atoms with van der Waals surface area (Å²) < 4.78 is 37.8. The van der Waals surface area contributed by atoms with Gasteiger partial charge in [-0.15, -0.1) is 0 Å². The maximum atomic E-state index is 13.8. The van der Waals surface area contributed by atoms with Gasteiger partial charge < -0.3 is 19.7 Å². The normalized spacial score (nSPS) is 14.4. The van der Waals surface area contributed by atoms with Crippen LogP contribution < -0.4 is 19.1 Å². The fraction of sp³-hybridized carbons (Fsp3) is 0.481. The molecule has 202 valence electrons. The molecule has 1 aliphatic rings. The summed E-state index contributed by atoms with van der Waals surface area (Å²) in [7, 11) is -3.84. The average Bonchev–Trinajstić information content (AvgIpc) is 2.86. The number of amides is 2. The lowest BCUT2D eigenvalue weighted by atomic mass is 10.1. The second kappa shape index (κ2) is 12.3. The molecule has 2 amide bonds. The summed E-state index contributed by atoms with van der Waals surface area (Å²) in [5.74, 6) is 0.195. The maximum Gasteiger partial charge on any atom is 0.244 e. The van der Waals surface area contributed by atoms with Crippen molar-refractivity contribution in [3.8, 4) is 11.5 Å². The number of fused-ring (bicyclic) bond motifs is 1. The van der Waals surface area contributed by atoms with E-state index in [1.807, 2.05) is 52.0 Å². The lowest BCUT2D eigenvalue weighted by molar-refractivity contribution is -0.140. The zero-order valence-corrected chi connectivity index (χ0v) is 23.0. The van der Waals surface area contributed by atoms with Gasteiger partial charge in [0.05, 0.1) is 11.9 Å². The number of anilines is 1. The van der Waals surface area contributed by atoms with E-state index in [4.69, 9.17) is 9.47 Å². The monoisotopic (exact) mass is 531 g/mol. The topological polar surface area (TPSA) is 105 Å². The molecule has 0 saturated heterocycles. The standard InChI is InChI=1S/C27H37N3O6S/c1-6-20(4)28-27(32)23(7-2)29(17-21-10-8-9-19(3)15-21)26(31)18-30(37(5,33)34)22-11-12-24-25(16-22)36-14-13-35-24/h8-12,15-16,20,23H,6-7,13-14,17-18H2,1-5H3,(H,28,32)/t20-,23-/m1/s1. The number of rotatable bonds is 11. The Morgan fingerprint density at radius 2 is 1.73 bits per heavy atom. The summed E-state index contributed by atoms with van der Waals surface area (Å²) in [4.78, 5) is 28.5. The highest BCUT2D eigenvalue weighted by molar-refractivity contribution is 7.92. The van der Waals surface area contributed by atoms with Gasteiger partial charge in [0.1, 0.15) is 25.8 Å². The summed E-state index contributed by atoms with van der Waals surface area (Å²) in [6.07, 6.45) is 2.18. The Bertz CT molecular complexity index is 1220. The van der Waals surface area contributed by atoms with Gasteiger partial charge in [0.15, 0.2) is 11.5 Å². The second-order valence-electron chi connectivity index (χ2n) is 9.35. The van der Waals surface area contributed by atoms with Crippen LogP contribution in [-0.4, -0.2) is 63.2 Å². The molecule has 0 fully saturated rings. The minimum Gasteiger partial charge on any atom is -0.486 e. The van der Waals surface area contributed by atoms with E-state index < -0.39 is 28.5 Å². The molecule has 0 radical (unpaired) electrons. The number of hydrogen-bond acceptors (Lipinski definition) is 6. The third kappa shape index (κ3) is 7.38. The average molecular weight is 532 g/mol. The molecule has 0 bridgehead atoms. The predicted octanol–water partition coefficient (Wildman–Crippen LogP) is 3.25. The van der Waals surface area contributed by atoms with Crippen LogP contribution in [0.5, 0.6) is 11.5 Å². The number of carbonyl (C=O) groups is 2. The molecule has 3 rings (SSSR count). The van der Waals surface area contributed by atoms with E-state index >= 15 is 0 Å². The van der Waals surface area contributed by atoms with Crippen LogP contribution in [0.2, 0.25) is 0 Å². The predicted molar refractivity (Wildman–Crippen MR) is 143 cm³/mol. The van der Waals surface area contributed by atoms with Crippen molar-refractivity contribution in [2.75, 3.05) is 30.3 Å². The van der Waals surface area contributed by atoms with Crippen LogP contribution in [0.1, 0.15) is 44.7 Å². The molecule has 0 unspecified atom stereocenters. The number of sulfonamides is 1. The van der Waals surface area contributed by atoms with E-state index in [2.05, 4.69) is 5.32 Å². The summed E-state index contributed by atoms with van der Waals surface area (Å²) in [6, 6.07) is 11.6. The van der Waals surface area contributed by atoms with Crippen molar-refractivity contribution in [3.63, 3.8) is 0 Å². The minimum absolute atomic E-state index is 0.0531. The van der Waals surface area contributed by atoms with Crippen LogP contribution in [0.4, 0.5) is 5.69 Å². The fourth-order valence-electron chi connectivity index (χ4n) is 4.17. The second-order valence-corrected chi connectivity index (χ2v) is 11.3. The molecule has 2 aromatic rings. The van der Waals surface area contributed by atoms with Gasteiger partial charge in [-0.05, 0) is 44.4 Å². The van der Waals surface area contributed by atoms with Crippen LogP contribution in [-0.2, 0) is 26.2 Å². The molecule has 1 aliphatic heterocycles. The number of nitrogens with one attached hydrogen (secondary N) is 1. The van der Waals surface area contributed by atoms with Gasteiger partial charge in [0.2, 0.25) is 21.8 Å². The highest BCUT2D eigenvalue weighted by atomic mass is 32.2. The summed E-state index contributed by atoms with van der Waals surface area (Å²) in [6.45, 7) is 8.14. The number of benzene rings is 2. The van der Waals surface area contributed by atoms with Gasteiger partial charge in [-0.25, -0.2) is 8.42 Å². The molecule has 2 atom stereocenters. The van der Waals surface area contributed by atoms with Crippen molar-refractivity contribution in [2.45, 2.75) is 59.2 Å². The zero-order chi connectivity index (χ0) is 27.2. The van der Waals surface area contributed by atoms with Crippen molar-refractivity contribution in [1.82, 2.24) is 10.2 Å². The Balaban J connectivity index is 1.95. The molecule has 10 heteroatoms. The number of ether oxygens (including phenoxy) is 2. The van der Waals surface area contributed by atoms with Crippen molar-refractivity contribution in [1.29, 1.82) is 0 Å². The van der Waals surface area contributed by atoms with E-state index in [1.54, 1.807) is 18.2 Å². The summed E-state index contributed by atoms with van der Waals surface area (Å²) >= 11 is 0. The zero-order valence-electron chi connectivity index (χ0n) is 22.2. The first-order valence-corrected chi connectivity index (χ1v) is 14.4. The molecule has 1 heterocycles. The van der Waals surface area contributed by atoms with Crippen molar-refractivity contribution in [2.24, 2.45) is 0 Å². The molecular formula is C27H37N3O6S. The van der Waals surface area contributed by atoms with E-state index in [9.17, 15) is 18.0 Å².